The van der Waals surface area contributed by atoms with E-state index in [-0.39, 0.29) is 17.7 Å². The van der Waals surface area contributed by atoms with Crippen LogP contribution in [0.2, 0.25) is 0 Å². The molecule has 0 radical (unpaired) electrons. The van der Waals surface area contributed by atoms with Gasteiger partial charge in [-0.2, -0.15) is 4.98 Å². The van der Waals surface area contributed by atoms with Gasteiger partial charge in [0, 0.05) is 36.3 Å². The standard InChI is InChI=1S/C18H20N4O3/c1-11-20-18(25-21-11)12-6-13(16(23)8-12)9-19-17(24)14-7-15-4-2-3-5-22(15)10-14/h2-5,7,10,12-13,16,23H,6,8-9H2,1H3,(H,19,24)/t12-,13+,16+/m0/s1. The fraction of sp³-hybridized carbons (Fsp3) is 0.389. The van der Waals surface area contributed by atoms with E-state index in [1.807, 2.05) is 34.9 Å². The molecule has 3 heterocycles. The average molecular weight is 340 g/mol. The van der Waals surface area contributed by atoms with Gasteiger partial charge in [-0.05, 0) is 38.0 Å². The van der Waals surface area contributed by atoms with E-state index in [2.05, 4.69) is 15.5 Å². The summed E-state index contributed by atoms with van der Waals surface area (Å²) < 4.78 is 7.12. The van der Waals surface area contributed by atoms with Gasteiger partial charge in [0.2, 0.25) is 5.89 Å². The lowest BCUT2D eigenvalue weighted by atomic mass is 10.0. The lowest BCUT2D eigenvalue weighted by molar-refractivity contribution is 0.0916. The third-order valence-electron chi connectivity index (χ3n) is 4.84. The number of nitrogens with zero attached hydrogens (tertiary/aromatic N) is 3. The summed E-state index contributed by atoms with van der Waals surface area (Å²) in [6.45, 7) is 2.20. The van der Waals surface area contributed by atoms with Crippen LogP contribution >= 0.6 is 0 Å². The summed E-state index contributed by atoms with van der Waals surface area (Å²) in [5, 5.41) is 17.0. The molecule has 3 aromatic heterocycles. The molecule has 3 aromatic rings. The Morgan fingerprint density at radius 1 is 1.44 bits per heavy atom. The van der Waals surface area contributed by atoms with E-state index in [0.29, 0.717) is 30.2 Å². The van der Waals surface area contributed by atoms with Crippen LogP contribution in [0.25, 0.3) is 5.52 Å². The van der Waals surface area contributed by atoms with Crippen molar-refractivity contribution in [2.45, 2.75) is 31.8 Å². The highest BCUT2D eigenvalue weighted by Gasteiger charge is 2.36. The molecule has 0 unspecified atom stereocenters. The molecule has 1 aliphatic rings. The van der Waals surface area contributed by atoms with Gasteiger partial charge in [0.05, 0.1) is 11.7 Å². The SMILES string of the molecule is Cc1noc([C@H]2C[C@H](CNC(=O)c3cc4ccccn4c3)[C@H](O)C2)n1. The van der Waals surface area contributed by atoms with Gasteiger partial charge in [-0.3, -0.25) is 4.79 Å². The van der Waals surface area contributed by atoms with E-state index in [1.165, 1.54) is 0 Å². The predicted molar refractivity (Wildman–Crippen MR) is 90.2 cm³/mol. The number of carbonyl (C=O) groups excluding carboxylic acids is 1. The molecule has 7 nitrogen and oxygen atoms in total. The van der Waals surface area contributed by atoms with Crippen LogP contribution in [0.3, 0.4) is 0 Å². The number of aromatic nitrogens is 3. The predicted octanol–water partition coefficient (Wildman–Crippen LogP) is 1.92. The number of hydrogen-bond acceptors (Lipinski definition) is 5. The number of pyridine rings is 1. The fourth-order valence-electron chi connectivity index (χ4n) is 3.51. The molecule has 2 N–H and O–H groups in total. The molecule has 1 fully saturated rings. The first-order valence-corrected chi connectivity index (χ1v) is 8.43. The Bertz CT molecular complexity index is 868. The third-order valence-corrected chi connectivity index (χ3v) is 4.84. The lowest BCUT2D eigenvalue weighted by Crippen LogP contribution is -2.32. The molecule has 0 bridgehead atoms. The molecular formula is C18H20N4O3. The fourth-order valence-corrected chi connectivity index (χ4v) is 3.51. The van der Waals surface area contributed by atoms with Crippen LogP contribution in [0, 0.1) is 12.8 Å². The number of aliphatic hydroxyl groups excluding tert-OH is 1. The molecule has 130 valence electrons. The lowest BCUT2D eigenvalue weighted by Gasteiger charge is -2.14. The van der Waals surface area contributed by atoms with Crippen LogP contribution in [-0.4, -0.2) is 38.2 Å². The highest BCUT2D eigenvalue weighted by molar-refractivity contribution is 5.95. The van der Waals surface area contributed by atoms with Crippen LogP contribution in [-0.2, 0) is 0 Å². The van der Waals surface area contributed by atoms with Crippen molar-refractivity contribution in [2.75, 3.05) is 6.54 Å². The van der Waals surface area contributed by atoms with Crippen LogP contribution in [0.5, 0.6) is 0 Å². The molecule has 0 saturated heterocycles. The van der Waals surface area contributed by atoms with Crippen molar-refractivity contribution < 1.29 is 14.4 Å². The Hall–Kier alpha value is -2.67. The zero-order chi connectivity index (χ0) is 17.4. The molecule has 0 aromatic carbocycles. The zero-order valence-electron chi connectivity index (χ0n) is 13.9. The minimum absolute atomic E-state index is 0.0156. The normalized spacial score (nSPS) is 23.2. The highest BCUT2D eigenvalue weighted by atomic mass is 16.5. The first kappa shape index (κ1) is 15.8. The molecule has 3 atom stereocenters. The number of rotatable bonds is 4. The third kappa shape index (κ3) is 3.15. The quantitative estimate of drug-likeness (QED) is 0.757. The number of aliphatic hydroxyl groups is 1. The second kappa shape index (κ2) is 6.33. The van der Waals surface area contributed by atoms with Gasteiger partial charge in [-0.15, -0.1) is 0 Å². The average Bonchev–Trinajstić information content (AvgIpc) is 3.30. The van der Waals surface area contributed by atoms with E-state index >= 15 is 0 Å². The van der Waals surface area contributed by atoms with Crippen molar-refractivity contribution in [1.82, 2.24) is 19.9 Å². The zero-order valence-corrected chi connectivity index (χ0v) is 13.9. The van der Waals surface area contributed by atoms with Crippen molar-refractivity contribution in [1.29, 1.82) is 0 Å². The van der Waals surface area contributed by atoms with Crippen LogP contribution < -0.4 is 5.32 Å². The van der Waals surface area contributed by atoms with Gasteiger partial charge in [0.25, 0.3) is 5.91 Å². The second-order valence-corrected chi connectivity index (χ2v) is 6.65. The van der Waals surface area contributed by atoms with Crippen LogP contribution in [0.4, 0.5) is 0 Å². The van der Waals surface area contributed by atoms with Gasteiger partial charge < -0.3 is 19.3 Å². The summed E-state index contributed by atoms with van der Waals surface area (Å²) >= 11 is 0. The Labute approximate surface area is 144 Å². The van der Waals surface area contributed by atoms with Crippen molar-refractivity contribution >= 4 is 11.4 Å². The molecule has 1 aliphatic carbocycles. The number of hydrogen-bond donors (Lipinski definition) is 2. The Kier molecular flexibility index (Phi) is 4.01. The van der Waals surface area contributed by atoms with Crippen molar-refractivity contribution in [3.05, 3.63) is 53.9 Å². The van der Waals surface area contributed by atoms with Crippen molar-refractivity contribution in [3.63, 3.8) is 0 Å². The van der Waals surface area contributed by atoms with Gasteiger partial charge in [-0.1, -0.05) is 11.2 Å². The largest absolute Gasteiger partial charge is 0.393 e. The minimum atomic E-state index is -0.481. The number of fused-ring (bicyclic) bond motifs is 1. The Balaban J connectivity index is 1.38. The summed E-state index contributed by atoms with van der Waals surface area (Å²) in [5.74, 6) is 1.08. The maximum atomic E-state index is 12.4. The molecule has 1 amide bonds. The van der Waals surface area contributed by atoms with E-state index in [4.69, 9.17) is 4.52 Å². The summed E-state index contributed by atoms with van der Waals surface area (Å²) in [6.07, 6.45) is 4.54. The monoisotopic (exact) mass is 340 g/mol. The Morgan fingerprint density at radius 3 is 3.08 bits per heavy atom. The summed E-state index contributed by atoms with van der Waals surface area (Å²) in [7, 11) is 0. The van der Waals surface area contributed by atoms with Gasteiger partial charge in [0.1, 0.15) is 0 Å². The maximum Gasteiger partial charge on any atom is 0.252 e. The summed E-state index contributed by atoms with van der Waals surface area (Å²) in [6, 6.07) is 7.66. The van der Waals surface area contributed by atoms with E-state index in [9.17, 15) is 9.90 Å². The smallest absolute Gasteiger partial charge is 0.252 e. The topological polar surface area (TPSA) is 92.7 Å². The van der Waals surface area contributed by atoms with E-state index in [1.54, 1.807) is 13.1 Å². The number of carbonyl (C=O) groups is 1. The Morgan fingerprint density at radius 2 is 2.32 bits per heavy atom. The minimum Gasteiger partial charge on any atom is -0.393 e. The molecule has 0 spiro atoms. The van der Waals surface area contributed by atoms with Gasteiger partial charge in [0.15, 0.2) is 5.82 Å². The van der Waals surface area contributed by atoms with E-state index < -0.39 is 6.10 Å². The first-order valence-electron chi connectivity index (χ1n) is 8.43. The molecule has 4 rings (SSSR count). The summed E-state index contributed by atoms with van der Waals surface area (Å²) in [5.41, 5.74) is 1.59. The highest BCUT2D eigenvalue weighted by Crippen LogP contribution is 2.37. The number of amides is 1. The van der Waals surface area contributed by atoms with Gasteiger partial charge in [-0.25, -0.2) is 0 Å². The van der Waals surface area contributed by atoms with Crippen molar-refractivity contribution in [3.8, 4) is 0 Å². The second-order valence-electron chi connectivity index (χ2n) is 6.65. The molecule has 7 heteroatoms. The molecule has 0 aliphatic heterocycles. The van der Waals surface area contributed by atoms with Crippen LogP contribution in [0.1, 0.15) is 40.8 Å². The van der Waals surface area contributed by atoms with Crippen molar-refractivity contribution in [2.24, 2.45) is 5.92 Å². The van der Waals surface area contributed by atoms with E-state index in [0.717, 1.165) is 11.9 Å². The maximum absolute atomic E-state index is 12.4. The van der Waals surface area contributed by atoms with Crippen LogP contribution in [0.15, 0.2) is 41.2 Å². The molecule has 1 saturated carbocycles. The number of aryl methyl sites for hydroxylation is 1. The van der Waals surface area contributed by atoms with Gasteiger partial charge >= 0.3 is 0 Å². The molecule has 25 heavy (non-hydrogen) atoms. The first-order chi connectivity index (χ1) is 12.1. The molecular weight excluding hydrogens is 320 g/mol. The number of nitrogens with one attached hydrogen (secondary N) is 1. The summed E-state index contributed by atoms with van der Waals surface area (Å²) in [4.78, 5) is 16.6.